The number of hydrogen-bond acceptors (Lipinski definition) is 2. The Kier molecular flexibility index (Phi) is 4.26. The molecule has 2 rings (SSSR count). The highest BCUT2D eigenvalue weighted by Gasteiger charge is 2.03. The minimum Gasteiger partial charge on any atom is -0.455 e. The summed E-state index contributed by atoms with van der Waals surface area (Å²) in [6.07, 6.45) is 2.25. The fourth-order valence-electron chi connectivity index (χ4n) is 1.74. The highest BCUT2D eigenvalue weighted by Crippen LogP contribution is 2.30. The fourth-order valence-corrected chi connectivity index (χ4v) is 2.08. The maximum Gasteiger partial charge on any atom is 0.151 e. The summed E-state index contributed by atoms with van der Waals surface area (Å²) in [6.45, 7) is 2.17. The van der Waals surface area contributed by atoms with Gasteiger partial charge < -0.3 is 10.5 Å². The van der Waals surface area contributed by atoms with E-state index >= 15 is 0 Å². The summed E-state index contributed by atoms with van der Waals surface area (Å²) in [5.74, 6) is 1.48. The largest absolute Gasteiger partial charge is 0.455 e. The van der Waals surface area contributed by atoms with E-state index in [0.29, 0.717) is 11.4 Å². The quantitative estimate of drug-likeness (QED) is 0.825. The van der Waals surface area contributed by atoms with E-state index in [9.17, 15) is 0 Å². The second kappa shape index (κ2) is 5.91. The van der Waals surface area contributed by atoms with Gasteiger partial charge in [0.2, 0.25) is 0 Å². The van der Waals surface area contributed by atoms with Crippen LogP contribution in [-0.4, -0.2) is 0 Å². The van der Waals surface area contributed by atoms with Crippen LogP contribution in [0.1, 0.15) is 18.9 Å². The standard InChI is InChI=1S/C15H16BrNO/c1-2-3-11-4-7-13(8-5-11)18-15-10-12(16)6-9-14(15)17/h4-10H,2-3,17H2,1H3. The van der Waals surface area contributed by atoms with Crippen LogP contribution in [0.3, 0.4) is 0 Å². The van der Waals surface area contributed by atoms with Crippen LogP contribution in [0.15, 0.2) is 46.9 Å². The SMILES string of the molecule is CCCc1ccc(Oc2cc(Br)ccc2N)cc1. The minimum absolute atomic E-state index is 0.635. The van der Waals surface area contributed by atoms with E-state index in [1.807, 2.05) is 30.3 Å². The molecule has 0 amide bonds. The Balaban J connectivity index is 2.15. The van der Waals surface area contributed by atoms with E-state index in [1.54, 1.807) is 0 Å². The Morgan fingerprint density at radius 3 is 2.50 bits per heavy atom. The molecule has 0 unspecified atom stereocenters. The zero-order valence-corrected chi connectivity index (χ0v) is 11.9. The molecule has 2 N–H and O–H groups in total. The summed E-state index contributed by atoms with van der Waals surface area (Å²) in [4.78, 5) is 0. The van der Waals surface area contributed by atoms with Crippen LogP contribution in [0.2, 0.25) is 0 Å². The van der Waals surface area contributed by atoms with Crippen LogP contribution >= 0.6 is 15.9 Å². The second-order valence-corrected chi connectivity index (χ2v) is 5.09. The molecule has 0 bridgehead atoms. The zero-order valence-electron chi connectivity index (χ0n) is 10.3. The second-order valence-electron chi connectivity index (χ2n) is 4.18. The predicted molar refractivity (Wildman–Crippen MR) is 79.1 cm³/mol. The lowest BCUT2D eigenvalue weighted by Crippen LogP contribution is -1.92. The number of ether oxygens (including phenoxy) is 1. The van der Waals surface area contributed by atoms with Crippen LogP contribution in [-0.2, 0) is 6.42 Å². The molecule has 0 aliphatic heterocycles. The molecule has 0 heterocycles. The number of halogens is 1. The van der Waals surface area contributed by atoms with Crippen molar-refractivity contribution in [1.82, 2.24) is 0 Å². The van der Waals surface area contributed by atoms with Crippen molar-refractivity contribution in [2.45, 2.75) is 19.8 Å². The van der Waals surface area contributed by atoms with E-state index in [-0.39, 0.29) is 0 Å². The molecule has 0 radical (unpaired) electrons. The number of benzene rings is 2. The van der Waals surface area contributed by atoms with Crippen molar-refractivity contribution in [3.05, 3.63) is 52.5 Å². The molecule has 0 spiro atoms. The molecule has 3 heteroatoms. The first kappa shape index (κ1) is 13.0. The monoisotopic (exact) mass is 305 g/mol. The molecular weight excluding hydrogens is 290 g/mol. The summed E-state index contributed by atoms with van der Waals surface area (Å²) in [5, 5.41) is 0. The van der Waals surface area contributed by atoms with Crippen molar-refractivity contribution >= 4 is 21.6 Å². The highest BCUT2D eigenvalue weighted by atomic mass is 79.9. The molecule has 0 fully saturated rings. The Hall–Kier alpha value is -1.48. The maximum atomic E-state index is 5.87. The summed E-state index contributed by atoms with van der Waals surface area (Å²) >= 11 is 3.41. The molecule has 0 aliphatic carbocycles. The third-order valence-electron chi connectivity index (χ3n) is 2.67. The molecule has 0 aliphatic rings. The number of nitrogen functional groups attached to an aromatic ring is 1. The first-order valence-corrected chi connectivity index (χ1v) is 6.80. The normalized spacial score (nSPS) is 10.3. The van der Waals surface area contributed by atoms with Gasteiger partial charge in [-0.15, -0.1) is 0 Å². The molecule has 94 valence electrons. The van der Waals surface area contributed by atoms with Gasteiger partial charge in [0, 0.05) is 4.47 Å². The molecule has 0 saturated heterocycles. The molecule has 0 saturated carbocycles. The van der Waals surface area contributed by atoms with Gasteiger partial charge in [0.15, 0.2) is 5.75 Å². The lowest BCUT2D eigenvalue weighted by molar-refractivity contribution is 0.484. The van der Waals surface area contributed by atoms with Gasteiger partial charge in [-0.3, -0.25) is 0 Å². The van der Waals surface area contributed by atoms with Gasteiger partial charge in [-0.1, -0.05) is 41.4 Å². The lowest BCUT2D eigenvalue weighted by atomic mass is 10.1. The Bertz CT molecular complexity index is 523. The summed E-state index contributed by atoms with van der Waals surface area (Å²) in [7, 11) is 0. The lowest BCUT2D eigenvalue weighted by Gasteiger charge is -2.09. The third kappa shape index (κ3) is 3.26. The summed E-state index contributed by atoms with van der Waals surface area (Å²) < 4.78 is 6.72. The van der Waals surface area contributed by atoms with E-state index in [1.165, 1.54) is 5.56 Å². The van der Waals surface area contributed by atoms with Crippen molar-refractivity contribution in [3.8, 4) is 11.5 Å². The van der Waals surface area contributed by atoms with Gasteiger partial charge in [-0.25, -0.2) is 0 Å². The van der Waals surface area contributed by atoms with Gasteiger partial charge in [0.05, 0.1) is 5.69 Å². The number of rotatable bonds is 4. The Morgan fingerprint density at radius 1 is 1.11 bits per heavy atom. The summed E-state index contributed by atoms with van der Waals surface area (Å²) in [5.41, 5.74) is 7.83. The van der Waals surface area contributed by atoms with Crippen molar-refractivity contribution < 1.29 is 4.74 Å². The van der Waals surface area contributed by atoms with E-state index in [2.05, 4.69) is 35.0 Å². The molecule has 2 aromatic carbocycles. The average Bonchev–Trinajstić information content (AvgIpc) is 2.37. The van der Waals surface area contributed by atoms with E-state index in [0.717, 1.165) is 23.1 Å². The number of nitrogens with two attached hydrogens (primary N) is 1. The number of anilines is 1. The van der Waals surface area contributed by atoms with Crippen molar-refractivity contribution in [2.75, 3.05) is 5.73 Å². The minimum atomic E-state index is 0.635. The smallest absolute Gasteiger partial charge is 0.151 e. The first-order valence-electron chi connectivity index (χ1n) is 6.01. The first-order chi connectivity index (χ1) is 8.69. The average molecular weight is 306 g/mol. The van der Waals surface area contributed by atoms with E-state index < -0.39 is 0 Å². The predicted octanol–water partition coefficient (Wildman–Crippen LogP) is 4.78. The third-order valence-corrected chi connectivity index (χ3v) is 3.16. The Morgan fingerprint density at radius 2 is 1.83 bits per heavy atom. The topological polar surface area (TPSA) is 35.2 Å². The number of hydrogen-bond donors (Lipinski definition) is 1. The highest BCUT2D eigenvalue weighted by molar-refractivity contribution is 9.10. The van der Waals surface area contributed by atoms with Gasteiger partial charge in [-0.2, -0.15) is 0 Å². The van der Waals surface area contributed by atoms with Gasteiger partial charge in [0.25, 0.3) is 0 Å². The van der Waals surface area contributed by atoms with Crippen molar-refractivity contribution in [1.29, 1.82) is 0 Å². The van der Waals surface area contributed by atoms with Crippen molar-refractivity contribution in [3.63, 3.8) is 0 Å². The molecular formula is C15H16BrNO. The van der Waals surface area contributed by atoms with E-state index in [4.69, 9.17) is 10.5 Å². The van der Waals surface area contributed by atoms with Gasteiger partial charge >= 0.3 is 0 Å². The van der Waals surface area contributed by atoms with Crippen LogP contribution in [0.4, 0.5) is 5.69 Å². The number of aryl methyl sites for hydroxylation is 1. The Labute approximate surface area is 116 Å². The van der Waals surface area contributed by atoms with Crippen LogP contribution in [0, 0.1) is 0 Å². The molecule has 2 nitrogen and oxygen atoms in total. The molecule has 0 aromatic heterocycles. The van der Waals surface area contributed by atoms with Gasteiger partial charge in [-0.05, 0) is 42.3 Å². The fraction of sp³-hybridized carbons (Fsp3) is 0.200. The van der Waals surface area contributed by atoms with Gasteiger partial charge in [0.1, 0.15) is 5.75 Å². The zero-order chi connectivity index (χ0) is 13.0. The molecule has 2 aromatic rings. The van der Waals surface area contributed by atoms with Crippen LogP contribution in [0.25, 0.3) is 0 Å². The molecule has 0 atom stereocenters. The molecule has 18 heavy (non-hydrogen) atoms. The van der Waals surface area contributed by atoms with Crippen LogP contribution in [0.5, 0.6) is 11.5 Å². The van der Waals surface area contributed by atoms with Crippen molar-refractivity contribution in [2.24, 2.45) is 0 Å². The summed E-state index contributed by atoms with van der Waals surface area (Å²) in [6, 6.07) is 13.7. The maximum absolute atomic E-state index is 5.87. The van der Waals surface area contributed by atoms with Crippen LogP contribution < -0.4 is 10.5 Å².